The molecule has 0 aliphatic carbocycles. The third-order valence-electron chi connectivity index (χ3n) is 6.44. The van der Waals surface area contributed by atoms with Crippen LogP contribution in [0.3, 0.4) is 0 Å². The molecule has 0 aromatic heterocycles. The molecule has 0 saturated carbocycles. The van der Waals surface area contributed by atoms with Gasteiger partial charge < -0.3 is 14.4 Å². The maximum Gasteiger partial charge on any atom is 0.491 e. The van der Waals surface area contributed by atoms with E-state index < -0.39 is 18.1 Å². The van der Waals surface area contributed by atoms with Crippen LogP contribution in [-0.2, 0) is 33.6 Å². The number of alkyl halides is 3. The second kappa shape index (κ2) is 16.5. The first-order valence-corrected chi connectivity index (χ1v) is 13.6. The van der Waals surface area contributed by atoms with Crippen LogP contribution in [0.1, 0.15) is 42.4 Å². The van der Waals surface area contributed by atoms with Crippen molar-refractivity contribution in [2.45, 2.75) is 51.1 Å². The highest BCUT2D eigenvalue weighted by Crippen LogP contribution is 2.17. The number of carbonyl (C=O) groups is 2. The summed E-state index contributed by atoms with van der Waals surface area (Å²) in [5.74, 6) is -2.82. The van der Waals surface area contributed by atoms with Crippen LogP contribution in [0.15, 0.2) is 84.9 Å². The van der Waals surface area contributed by atoms with E-state index in [0.717, 1.165) is 49.8 Å². The molecule has 0 fully saturated rings. The number of carbonyl (C=O) groups excluding carboxylic acids is 2. The van der Waals surface area contributed by atoms with Gasteiger partial charge >= 0.3 is 18.1 Å². The maximum atomic E-state index is 12.4. The van der Waals surface area contributed by atoms with Gasteiger partial charge in [0, 0.05) is 6.54 Å². The van der Waals surface area contributed by atoms with E-state index >= 15 is 0 Å². The van der Waals surface area contributed by atoms with Gasteiger partial charge in [-0.15, -0.1) is 0 Å². The van der Waals surface area contributed by atoms with Crippen molar-refractivity contribution in [3.05, 3.63) is 102 Å². The molecule has 0 aliphatic heterocycles. The first-order chi connectivity index (χ1) is 19.3. The summed E-state index contributed by atoms with van der Waals surface area (Å²) in [5, 5.41) is 0. The lowest BCUT2D eigenvalue weighted by Gasteiger charge is -2.22. The zero-order valence-corrected chi connectivity index (χ0v) is 22.6. The molecule has 3 rings (SSSR count). The topological polar surface area (TPSA) is 55.8 Å². The van der Waals surface area contributed by atoms with E-state index in [9.17, 15) is 22.8 Å². The summed E-state index contributed by atoms with van der Waals surface area (Å²) in [5.41, 5.74) is 3.64. The van der Waals surface area contributed by atoms with Gasteiger partial charge in [-0.3, -0.25) is 4.79 Å². The van der Waals surface area contributed by atoms with Crippen molar-refractivity contribution in [3.63, 3.8) is 0 Å². The minimum absolute atomic E-state index is 0.217. The van der Waals surface area contributed by atoms with Crippen molar-refractivity contribution < 1.29 is 32.2 Å². The average molecular weight is 556 g/mol. The van der Waals surface area contributed by atoms with E-state index in [1.165, 1.54) is 11.1 Å². The normalized spacial score (nSPS) is 11.4. The average Bonchev–Trinajstić information content (AvgIpc) is 2.95. The highest BCUT2D eigenvalue weighted by Gasteiger charge is 2.42. The van der Waals surface area contributed by atoms with Crippen molar-refractivity contribution >= 4 is 11.9 Å². The van der Waals surface area contributed by atoms with E-state index in [-0.39, 0.29) is 13.0 Å². The SMILES string of the molecule is O=C(CCN(CCCc1ccccc1)CCCc1ccc(OCCCc2ccccc2)cc1)OC(=O)C(F)(F)F. The van der Waals surface area contributed by atoms with E-state index in [2.05, 4.69) is 16.9 Å². The molecule has 3 aromatic carbocycles. The number of esters is 2. The Morgan fingerprint density at radius 2 is 1.15 bits per heavy atom. The predicted molar refractivity (Wildman–Crippen MR) is 148 cm³/mol. The van der Waals surface area contributed by atoms with Gasteiger partial charge in [0.25, 0.3) is 0 Å². The fourth-order valence-electron chi connectivity index (χ4n) is 4.32. The molecular weight excluding hydrogens is 519 g/mol. The van der Waals surface area contributed by atoms with Crippen molar-refractivity contribution in [2.24, 2.45) is 0 Å². The molecule has 0 N–H and O–H groups in total. The number of hydrogen-bond donors (Lipinski definition) is 0. The van der Waals surface area contributed by atoms with Gasteiger partial charge in [0.05, 0.1) is 13.0 Å². The summed E-state index contributed by atoms with van der Waals surface area (Å²) in [6.45, 7) is 2.19. The molecule has 0 unspecified atom stereocenters. The number of benzene rings is 3. The van der Waals surface area contributed by atoms with Crippen LogP contribution < -0.4 is 4.74 Å². The fraction of sp³-hybridized carbons (Fsp3) is 0.375. The predicted octanol–water partition coefficient (Wildman–Crippen LogP) is 6.59. The smallest absolute Gasteiger partial charge is 0.491 e. The Balaban J connectivity index is 1.41. The molecule has 0 bridgehead atoms. The fourth-order valence-corrected chi connectivity index (χ4v) is 4.32. The van der Waals surface area contributed by atoms with Gasteiger partial charge in [-0.2, -0.15) is 13.2 Å². The summed E-state index contributed by atoms with van der Waals surface area (Å²) in [4.78, 5) is 24.8. The lowest BCUT2D eigenvalue weighted by Crippen LogP contribution is -2.32. The first-order valence-electron chi connectivity index (χ1n) is 13.6. The number of rotatable bonds is 16. The van der Waals surface area contributed by atoms with Crippen molar-refractivity contribution in [1.29, 1.82) is 0 Å². The number of hydrogen-bond acceptors (Lipinski definition) is 5. The molecule has 3 aromatic rings. The first kappa shape index (κ1) is 30.9. The van der Waals surface area contributed by atoms with Gasteiger partial charge in [-0.1, -0.05) is 72.8 Å². The largest absolute Gasteiger partial charge is 0.494 e. The zero-order valence-electron chi connectivity index (χ0n) is 22.6. The molecule has 8 heteroatoms. The van der Waals surface area contributed by atoms with Gasteiger partial charge in [-0.25, -0.2) is 4.79 Å². The van der Waals surface area contributed by atoms with Crippen LogP contribution in [0, 0.1) is 0 Å². The number of nitrogens with zero attached hydrogens (tertiary/aromatic N) is 1. The third-order valence-corrected chi connectivity index (χ3v) is 6.44. The molecule has 0 radical (unpaired) electrons. The molecule has 5 nitrogen and oxygen atoms in total. The summed E-state index contributed by atoms with van der Waals surface area (Å²) in [7, 11) is 0. The Bertz CT molecular complexity index is 1150. The Morgan fingerprint density at radius 1 is 0.650 bits per heavy atom. The molecule has 0 spiro atoms. The van der Waals surface area contributed by atoms with Gasteiger partial charge in [0.1, 0.15) is 5.75 Å². The van der Waals surface area contributed by atoms with Crippen LogP contribution in [0.4, 0.5) is 13.2 Å². The Morgan fingerprint density at radius 3 is 1.68 bits per heavy atom. The van der Waals surface area contributed by atoms with Crippen LogP contribution in [0.2, 0.25) is 0 Å². The molecule has 0 saturated heterocycles. The lowest BCUT2D eigenvalue weighted by atomic mass is 10.1. The van der Waals surface area contributed by atoms with Crippen molar-refractivity contribution in [3.8, 4) is 5.75 Å². The lowest BCUT2D eigenvalue weighted by molar-refractivity contribution is -0.201. The van der Waals surface area contributed by atoms with Crippen molar-refractivity contribution in [1.82, 2.24) is 4.90 Å². The van der Waals surface area contributed by atoms with E-state index in [4.69, 9.17) is 4.74 Å². The molecule has 214 valence electrons. The van der Waals surface area contributed by atoms with Crippen molar-refractivity contribution in [2.75, 3.05) is 26.2 Å². The van der Waals surface area contributed by atoms with Gasteiger partial charge in [0.2, 0.25) is 0 Å². The van der Waals surface area contributed by atoms with Crippen LogP contribution >= 0.6 is 0 Å². The molecular formula is C32H36F3NO4. The standard InChI is InChI=1S/C32H36F3NO4/c33-32(34,35)31(38)40-30(37)21-24-36(22-7-14-26-10-3-1-4-11-26)23-8-15-28-17-19-29(20-18-28)39-25-9-16-27-12-5-2-6-13-27/h1-6,10-13,17-20H,7-9,14-16,21-25H2. The number of aryl methyl sites for hydroxylation is 3. The van der Waals surface area contributed by atoms with Crippen LogP contribution in [0.25, 0.3) is 0 Å². The second-order valence-corrected chi connectivity index (χ2v) is 9.63. The van der Waals surface area contributed by atoms with E-state index in [0.29, 0.717) is 19.7 Å². The number of halogens is 3. The number of ether oxygens (including phenoxy) is 2. The quantitative estimate of drug-likeness (QED) is 0.113. The molecule has 0 heterocycles. The Hall–Kier alpha value is -3.65. The Labute approximate surface area is 233 Å². The second-order valence-electron chi connectivity index (χ2n) is 9.63. The molecule has 0 amide bonds. The zero-order chi connectivity index (χ0) is 28.6. The highest BCUT2D eigenvalue weighted by molar-refractivity contribution is 5.88. The van der Waals surface area contributed by atoms with E-state index in [1.54, 1.807) is 0 Å². The summed E-state index contributed by atoms with van der Waals surface area (Å²) < 4.78 is 47.0. The monoisotopic (exact) mass is 555 g/mol. The summed E-state index contributed by atoms with van der Waals surface area (Å²) >= 11 is 0. The minimum Gasteiger partial charge on any atom is -0.494 e. The van der Waals surface area contributed by atoms with Crippen LogP contribution in [0.5, 0.6) is 5.75 Å². The third kappa shape index (κ3) is 12.0. The Kier molecular flexibility index (Phi) is 12.7. The molecule has 40 heavy (non-hydrogen) atoms. The van der Waals surface area contributed by atoms with Gasteiger partial charge in [0.15, 0.2) is 0 Å². The van der Waals surface area contributed by atoms with Gasteiger partial charge in [-0.05, 0) is 80.4 Å². The minimum atomic E-state index is -5.19. The molecule has 0 atom stereocenters. The van der Waals surface area contributed by atoms with Crippen LogP contribution in [-0.4, -0.2) is 49.3 Å². The maximum absolute atomic E-state index is 12.4. The molecule has 0 aliphatic rings. The van der Waals surface area contributed by atoms with E-state index in [1.807, 2.05) is 77.7 Å². The summed E-state index contributed by atoms with van der Waals surface area (Å²) in [6.07, 6.45) is -0.282. The highest BCUT2D eigenvalue weighted by atomic mass is 19.4. The summed E-state index contributed by atoms with van der Waals surface area (Å²) in [6, 6.07) is 28.3.